The molecule has 0 aliphatic carbocycles. The summed E-state index contributed by atoms with van der Waals surface area (Å²) in [5, 5.41) is 0. The molecule has 1 saturated heterocycles. The normalized spacial score (nSPS) is 16.2. The Morgan fingerprint density at radius 1 is 1.25 bits per heavy atom. The summed E-state index contributed by atoms with van der Waals surface area (Å²) in [5.41, 5.74) is 0.478. The molecule has 0 spiro atoms. The number of hydrogen-bond acceptors (Lipinski definition) is 4. The standard InChI is InChI=1S/C10H7BrFNO3/c11-7-2-1-6(3-8(7)12)13-4-9(14)16-10(15)5-13/h1-3H,4-5H2. The molecule has 0 bridgehead atoms. The third-order valence-corrected chi connectivity index (χ3v) is 2.78. The van der Waals surface area contributed by atoms with E-state index in [0.717, 1.165) is 0 Å². The van der Waals surface area contributed by atoms with E-state index in [1.807, 2.05) is 0 Å². The maximum Gasteiger partial charge on any atom is 0.333 e. The highest BCUT2D eigenvalue weighted by molar-refractivity contribution is 9.10. The third kappa shape index (κ3) is 2.21. The number of benzene rings is 1. The molecule has 16 heavy (non-hydrogen) atoms. The molecule has 0 aromatic heterocycles. The van der Waals surface area contributed by atoms with Crippen LogP contribution in [-0.2, 0) is 14.3 Å². The van der Waals surface area contributed by atoms with Crippen molar-refractivity contribution in [2.45, 2.75) is 0 Å². The van der Waals surface area contributed by atoms with Crippen LogP contribution in [0, 0.1) is 5.82 Å². The number of rotatable bonds is 1. The van der Waals surface area contributed by atoms with Crippen molar-refractivity contribution in [2.24, 2.45) is 0 Å². The second-order valence-electron chi connectivity index (χ2n) is 3.30. The zero-order chi connectivity index (χ0) is 11.7. The summed E-state index contributed by atoms with van der Waals surface area (Å²) in [6.45, 7) is -0.0976. The van der Waals surface area contributed by atoms with Gasteiger partial charge in [0, 0.05) is 5.69 Å². The molecule has 1 aliphatic heterocycles. The Morgan fingerprint density at radius 3 is 2.44 bits per heavy atom. The Hall–Kier alpha value is -1.43. The third-order valence-electron chi connectivity index (χ3n) is 2.14. The number of nitrogens with zero attached hydrogens (tertiary/aromatic N) is 1. The van der Waals surface area contributed by atoms with Crippen molar-refractivity contribution in [1.82, 2.24) is 0 Å². The minimum Gasteiger partial charge on any atom is -0.390 e. The van der Waals surface area contributed by atoms with Crippen molar-refractivity contribution in [1.29, 1.82) is 0 Å². The summed E-state index contributed by atoms with van der Waals surface area (Å²) < 4.78 is 18.0. The molecule has 0 radical (unpaired) electrons. The quantitative estimate of drug-likeness (QED) is 0.580. The summed E-state index contributed by atoms with van der Waals surface area (Å²) in [5.74, 6) is -1.69. The monoisotopic (exact) mass is 287 g/mol. The fourth-order valence-electron chi connectivity index (χ4n) is 1.42. The Labute approximate surface area is 99.1 Å². The topological polar surface area (TPSA) is 46.6 Å². The van der Waals surface area contributed by atoms with Gasteiger partial charge in [-0.2, -0.15) is 0 Å². The summed E-state index contributed by atoms with van der Waals surface area (Å²) in [6.07, 6.45) is 0. The van der Waals surface area contributed by atoms with Crippen molar-refractivity contribution < 1.29 is 18.7 Å². The largest absolute Gasteiger partial charge is 0.390 e. The molecule has 0 saturated carbocycles. The number of ether oxygens (including phenoxy) is 1. The highest BCUT2D eigenvalue weighted by atomic mass is 79.9. The molecule has 1 aromatic carbocycles. The molecule has 1 aromatic rings. The Morgan fingerprint density at radius 2 is 1.88 bits per heavy atom. The van der Waals surface area contributed by atoms with Crippen LogP contribution in [0.5, 0.6) is 0 Å². The molecule has 6 heteroatoms. The molecule has 0 N–H and O–H groups in total. The highest BCUT2D eigenvalue weighted by Gasteiger charge is 2.25. The molecular formula is C10H7BrFNO3. The minimum atomic E-state index is -0.625. The van der Waals surface area contributed by atoms with Gasteiger partial charge in [-0.05, 0) is 34.1 Å². The summed E-state index contributed by atoms with van der Waals surface area (Å²) in [6, 6.07) is 4.41. The molecule has 0 unspecified atom stereocenters. The molecule has 2 rings (SSSR count). The number of anilines is 1. The summed E-state index contributed by atoms with van der Waals surface area (Å²) in [4.78, 5) is 23.5. The first kappa shape index (κ1) is 11.1. The van der Waals surface area contributed by atoms with Crippen LogP contribution in [0.3, 0.4) is 0 Å². The van der Waals surface area contributed by atoms with Gasteiger partial charge in [-0.25, -0.2) is 14.0 Å². The Kier molecular flexibility index (Phi) is 2.91. The van der Waals surface area contributed by atoms with Crippen LogP contribution in [0.15, 0.2) is 22.7 Å². The van der Waals surface area contributed by atoms with Gasteiger partial charge in [-0.3, -0.25) is 0 Å². The fraction of sp³-hybridized carbons (Fsp3) is 0.200. The second kappa shape index (κ2) is 4.21. The molecule has 1 aliphatic rings. The van der Waals surface area contributed by atoms with E-state index < -0.39 is 17.8 Å². The first-order chi connectivity index (χ1) is 7.56. The number of morpholine rings is 1. The molecule has 0 atom stereocenters. The van der Waals surface area contributed by atoms with Crippen LogP contribution < -0.4 is 4.90 Å². The smallest absolute Gasteiger partial charge is 0.333 e. The van der Waals surface area contributed by atoms with Gasteiger partial charge >= 0.3 is 11.9 Å². The highest BCUT2D eigenvalue weighted by Crippen LogP contribution is 2.23. The van der Waals surface area contributed by atoms with Gasteiger partial charge < -0.3 is 9.64 Å². The van der Waals surface area contributed by atoms with E-state index in [4.69, 9.17) is 0 Å². The zero-order valence-corrected chi connectivity index (χ0v) is 9.66. The van der Waals surface area contributed by atoms with Gasteiger partial charge in [0.1, 0.15) is 18.9 Å². The van der Waals surface area contributed by atoms with Gasteiger partial charge in [-0.15, -0.1) is 0 Å². The second-order valence-corrected chi connectivity index (χ2v) is 4.15. The molecule has 1 heterocycles. The first-order valence-corrected chi connectivity index (χ1v) is 5.29. The first-order valence-electron chi connectivity index (χ1n) is 4.50. The van der Waals surface area contributed by atoms with Gasteiger partial charge in [-0.1, -0.05) is 0 Å². The predicted molar refractivity (Wildman–Crippen MR) is 57.4 cm³/mol. The van der Waals surface area contributed by atoms with Crippen LogP contribution in [-0.4, -0.2) is 25.0 Å². The SMILES string of the molecule is O=C1CN(c2ccc(Br)c(F)c2)CC(=O)O1. The molecule has 84 valence electrons. The van der Waals surface area contributed by atoms with E-state index in [9.17, 15) is 14.0 Å². The molecular weight excluding hydrogens is 281 g/mol. The van der Waals surface area contributed by atoms with Gasteiger partial charge in [0.2, 0.25) is 0 Å². The number of hydrogen-bond donors (Lipinski definition) is 0. The van der Waals surface area contributed by atoms with E-state index in [2.05, 4.69) is 20.7 Å². The molecule has 1 fully saturated rings. The van der Waals surface area contributed by atoms with Crippen LogP contribution in [0.2, 0.25) is 0 Å². The van der Waals surface area contributed by atoms with E-state index in [1.54, 1.807) is 6.07 Å². The number of cyclic esters (lactones) is 2. The van der Waals surface area contributed by atoms with Crippen molar-refractivity contribution in [3.8, 4) is 0 Å². The number of halogens is 2. The zero-order valence-electron chi connectivity index (χ0n) is 8.07. The van der Waals surface area contributed by atoms with Crippen LogP contribution in [0.25, 0.3) is 0 Å². The lowest BCUT2D eigenvalue weighted by Crippen LogP contribution is -2.43. The van der Waals surface area contributed by atoms with Crippen molar-refractivity contribution in [3.63, 3.8) is 0 Å². The molecule has 0 amide bonds. The Bertz CT molecular complexity index is 447. The van der Waals surface area contributed by atoms with Gasteiger partial charge in [0.05, 0.1) is 4.47 Å². The number of carbonyl (C=O) groups excluding carboxylic acids is 2. The number of esters is 2. The van der Waals surface area contributed by atoms with Crippen LogP contribution >= 0.6 is 15.9 Å². The van der Waals surface area contributed by atoms with E-state index in [0.29, 0.717) is 10.2 Å². The van der Waals surface area contributed by atoms with Crippen molar-refractivity contribution >= 4 is 33.6 Å². The average molecular weight is 288 g/mol. The minimum absolute atomic E-state index is 0.0488. The van der Waals surface area contributed by atoms with E-state index >= 15 is 0 Å². The number of carbonyl (C=O) groups is 2. The lowest BCUT2D eigenvalue weighted by molar-refractivity contribution is -0.160. The predicted octanol–water partition coefficient (Wildman–Crippen LogP) is 1.48. The lowest BCUT2D eigenvalue weighted by Gasteiger charge is -2.26. The summed E-state index contributed by atoms with van der Waals surface area (Å²) in [7, 11) is 0. The fourth-order valence-corrected chi connectivity index (χ4v) is 1.67. The van der Waals surface area contributed by atoms with E-state index in [-0.39, 0.29) is 13.1 Å². The van der Waals surface area contributed by atoms with Gasteiger partial charge in [0.15, 0.2) is 0 Å². The Balaban J connectivity index is 2.26. The van der Waals surface area contributed by atoms with Crippen LogP contribution in [0.4, 0.5) is 10.1 Å². The maximum atomic E-state index is 13.3. The lowest BCUT2D eigenvalue weighted by atomic mass is 10.2. The van der Waals surface area contributed by atoms with Crippen molar-refractivity contribution in [2.75, 3.05) is 18.0 Å². The molecule has 4 nitrogen and oxygen atoms in total. The summed E-state index contributed by atoms with van der Waals surface area (Å²) >= 11 is 3.03. The van der Waals surface area contributed by atoms with Gasteiger partial charge in [0.25, 0.3) is 0 Å². The van der Waals surface area contributed by atoms with Crippen LogP contribution in [0.1, 0.15) is 0 Å². The maximum absolute atomic E-state index is 13.3. The average Bonchev–Trinajstić information content (AvgIpc) is 2.20. The van der Waals surface area contributed by atoms with E-state index in [1.165, 1.54) is 17.0 Å². The van der Waals surface area contributed by atoms with Crippen molar-refractivity contribution in [3.05, 3.63) is 28.5 Å².